The fourth-order valence-electron chi connectivity index (χ4n) is 2.77. The second kappa shape index (κ2) is 8.68. The lowest BCUT2D eigenvalue weighted by molar-refractivity contribution is 0.271. The maximum atomic E-state index is 9.41. The summed E-state index contributed by atoms with van der Waals surface area (Å²) < 4.78 is 0.808. The van der Waals surface area contributed by atoms with Crippen LogP contribution in [0.2, 0.25) is 5.02 Å². The number of aryl methyl sites for hydroxylation is 1. The SMILES string of the molecule is Cc1cc(Nc2nccc3nc(-c4c(Cl)cccc4C#N)sc23)nc(CO)n1.Cl. The molecular weight excluding hydrogens is 431 g/mol. The van der Waals surface area contributed by atoms with E-state index in [4.69, 9.17) is 11.6 Å². The first-order valence-corrected chi connectivity index (χ1v) is 9.45. The van der Waals surface area contributed by atoms with Gasteiger partial charge in [0.25, 0.3) is 0 Å². The van der Waals surface area contributed by atoms with E-state index in [9.17, 15) is 10.4 Å². The molecule has 2 N–H and O–H groups in total. The van der Waals surface area contributed by atoms with Gasteiger partial charge in [-0.15, -0.1) is 23.7 Å². The van der Waals surface area contributed by atoms with E-state index in [0.29, 0.717) is 38.6 Å². The van der Waals surface area contributed by atoms with Crippen LogP contribution in [0.25, 0.3) is 20.8 Å². The molecule has 146 valence electrons. The van der Waals surface area contributed by atoms with Gasteiger partial charge in [-0.25, -0.2) is 19.9 Å². The first-order valence-electron chi connectivity index (χ1n) is 8.26. The van der Waals surface area contributed by atoms with Crippen LogP contribution in [0, 0.1) is 18.3 Å². The summed E-state index contributed by atoms with van der Waals surface area (Å²) >= 11 is 7.72. The fraction of sp³-hybridized carbons (Fsp3) is 0.105. The van der Waals surface area contributed by atoms with Crippen LogP contribution in [0.3, 0.4) is 0 Å². The molecule has 0 bridgehead atoms. The van der Waals surface area contributed by atoms with Crippen LogP contribution in [-0.4, -0.2) is 25.0 Å². The molecule has 0 aliphatic heterocycles. The van der Waals surface area contributed by atoms with Crippen LogP contribution < -0.4 is 5.32 Å². The van der Waals surface area contributed by atoms with Crippen molar-refractivity contribution in [2.75, 3.05) is 5.32 Å². The number of nitrogens with one attached hydrogen (secondary N) is 1. The predicted octanol–water partition coefficient (Wildman–Crippen LogP) is 4.64. The van der Waals surface area contributed by atoms with Crippen molar-refractivity contribution in [2.24, 2.45) is 0 Å². The Kier molecular flexibility index (Phi) is 6.25. The normalized spacial score (nSPS) is 10.4. The molecule has 1 aromatic carbocycles. The molecule has 29 heavy (non-hydrogen) atoms. The van der Waals surface area contributed by atoms with E-state index < -0.39 is 0 Å². The molecule has 0 fully saturated rings. The molecule has 0 unspecified atom stereocenters. The highest BCUT2D eigenvalue weighted by Gasteiger charge is 2.17. The quantitative estimate of drug-likeness (QED) is 0.471. The number of hydrogen-bond acceptors (Lipinski definition) is 8. The maximum Gasteiger partial charge on any atom is 0.156 e. The van der Waals surface area contributed by atoms with E-state index in [2.05, 4.69) is 31.3 Å². The van der Waals surface area contributed by atoms with Crippen LogP contribution in [0.5, 0.6) is 0 Å². The zero-order chi connectivity index (χ0) is 19.7. The third-order valence-electron chi connectivity index (χ3n) is 3.94. The van der Waals surface area contributed by atoms with Gasteiger partial charge in [-0.2, -0.15) is 5.26 Å². The number of benzene rings is 1. The van der Waals surface area contributed by atoms with Crippen LogP contribution in [0.1, 0.15) is 17.1 Å². The van der Waals surface area contributed by atoms with Crippen molar-refractivity contribution in [1.29, 1.82) is 5.26 Å². The van der Waals surface area contributed by atoms with Gasteiger partial charge in [0.15, 0.2) is 11.6 Å². The second-order valence-corrected chi connectivity index (χ2v) is 7.30. The Balaban J connectivity index is 0.00000240. The number of aliphatic hydroxyl groups excluding tert-OH is 1. The number of pyridine rings is 1. The van der Waals surface area contributed by atoms with E-state index >= 15 is 0 Å². The molecule has 10 heteroatoms. The van der Waals surface area contributed by atoms with Crippen molar-refractivity contribution in [2.45, 2.75) is 13.5 Å². The van der Waals surface area contributed by atoms with Crippen molar-refractivity contribution in [3.63, 3.8) is 0 Å². The molecule has 0 amide bonds. The van der Waals surface area contributed by atoms with Gasteiger partial charge < -0.3 is 10.4 Å². The van der Waals surface area contributed by atoms with E-state index in [1.54, 1.807) is 36.5 Å². The molecule has 3 aromatic heterocycles. The summed E-state index contributed by atoms with van der Waals surface area (Å²) in [5.41, 5.74) is 2.54. The number of aliphatic hydroxyl groups is 1. The highest BCUT2D eigenvalue weighted by atomic mass is 35.5. The van der Waals surface area contributed by atoms with Gasteiger partial charge in [0, 0.05) is 23.5 Å². The molecular formula is C19H14Cl2N6OS. The lowest BCUT2D eigenvalue weighted by atomic mass is 10.1. The first-order chi connectivity index (χ1) is 13.6. The number of rotatable bonds is 4. The molecule has 0 radical (unpaired) electrons. The highest BCUT2D eigenvalue weighted by Crippen LogP contribution is 2.38. The zero-order valence-corrected chi connectivity index (χ0v) is 17.4. The van der Waals surface area contributed by atoms with Gasteiger partial charge in [0.05, 0.1) is 26.9 Å². The summed E-state index contributed by atoms with van der Waals surface area (Å²) in [4.78, 5) is 17.5. The van der Waals surface area contributed by atoms with Gasteiger partial charge in [0.1, 0.15) is 17.4 Å². The van der Waals surface area contributed by atoms with Crippen LogP contribution in [-0.2, 0) is 6.61 Å². The van der Waals surface area contributed by atoms with Gasteiger partial charge in [-0.1, -0.05) is 17.7 Å². The summed E-state index contributed by atoms with van der Waals surface area (Å²) in [5.74, 6) is 1.44. The molecule has 0 spiro atoms. The van der Waals surface area contributed by atoms with Crippen molar-refractivity contribution in [3.05, 3.63) is 58.6 Å². The molecule has 7 nitrogen and oxygen atoms in total. The van der Waals surface area contributed by atoms with Gasteiger partial charge in [0.2, 0.25) is 0 Å². The molecule has 0 saturated heterocycles. The Labute approximate surface area is 181 Å². The third-order valence-corrected chi connectivity index (χ3v) is 5.35. The number of halogens is 2. The van der Waals surface area contributed by atoms with Crippen LogP contribution in [0.15, 0.2) is 36.5 Å². The molecule has 0 saturated carbocycles. The van der Waals surface area contributed by atoms with E-state index in [1.165, 1.54) is 11.3 Å². The highest BCUT2D eigenvalue weighted by molar-refractivity contribution is 7.22. The summed E-state index contributed by atoms with van der Waals surface area (Å²) in [7, 11) is 0. The summed E-state index contributed by atoms with van der Waals surface area (Å²) in [6, 6.07) is 10.9. The van der Waals surface area contributed by atoms with Crippen molar-refractivity contribution in [1.82, 2.24) is 19.9 Å². The number of nitrogens with zero attached hydrogens (tertiary/aromatic N) is 5. The largest absolute Gasteiger partial charge is 0.388 e. The maximum absolute atomic E-state index is 9.41. The van der Waals surface area contributed by atoms with E-state index in [0.717, 1.165) is 15.9 Å². The van der Waals surface area contributed by atoms with Crippen molar-refractivity contribution < 1.29 is 5.11 Å². The van der Waals surface area contributed by atoms with Gasteiger partial charge in [-0.05, 0) is 25.1 Å². The smallest absolute Gasteiger partial charge is 0.156 e. The Morgan fingerprint density at radius 1 is 1.24 bits per heavy atom. The zero-order valence-electron chi connectivity index (χ0n) is 15.0. The number of anilines is 2. The number of thiazole rings is 1. The minimum atomic E-state index is -0.248. The van der Waals surface area contributed by atoms with Crippen LogP contribution in [0.4, 0.5) is 11.6 Å². The molecule has 4 rings (SSSR count). The lowest BCUT2D eigenvalue weighted by Crippen LogP contribution is -2.02. The average Bonchev–Trinajstić information content (AvgIpc) is 3.12. The molecule has 0 aliphatic rings. The standard InChI is InChI=1S/C19H13ClN6OS.ClH/c1-10-7-14(25-15(9-27)23-10)26-18-17-13(5-6-22-18)24-19(28-17)16-11(8-21)3-2-4-12(16)20;/h2-7,27H,9H2,1H3,(H,22,23,25,26);1H. The molecule has 3 heterocycles. The molecule has 0 atom stereocenters. The number of hydrogen-bond donors (Lipinski definition) is 2. The summed E-state index contributed by atoms with van der Waals surface area (Å²) in [5, 5.41) is 23.0. The number of fused-ring (bicyclic) bond motifs is 1. The minimum absolute atomic E-state index is 0. The monoisotopic (exact) mass is 444 g/mol. The second-order valence-electron chi connectivity index (χ2n) is 5.89. The number of nitriles is 1. The van der Waals surface area contributed by atoms with Crippen LogP contribution >= 0.6 is 35.3 Å². The van der Waals surface area contributed by atoms with Crippen molar-refractivity contribution in [3.8, 4) is 16.6 Å². The summed E-state index contributed by atoms with van der Waals surface area (Å²) in [6.07, 6.45) is 1.65. The van der Waals surface area contributed by atoms with E-state index in [1.807, 2.05) is 6.92 Å². The Morgan fingerprint density at radius 2 is 2.07 bits per heavy atom. The average molecular weight is 445 g/mol. The Hall–Kier alpha value is -2.83. The first kappa shape index (κ1) is 20.9. The fourth-order valence-corrected chi connectivity index (χ4v) is 4.17. The molecule has 0 aliphatic carbocycles. The Bertz CT molecular complexity index is 1240. The van der Waals surface area contributed by atoms with Crippen molar-refractivity contribution >= 4 is 57.2 Å². The Morgan fingerprint density at radius 3 is 2.83 bits per heavy atom. The van der Waals surface area contributed by atoms with Gasteiger partial charge >= 0.3 is 0 Å². The predicted molar refractivity (Wildman–Crippen MR) is 116 cm³/mol. The van der Waals surface area contributed by atoms with E-state index in [-0.39, 0.29) is 19.0 Å². The number of aromatic nitrogens is 4. The third kappa shape index (κ3) is 4.13. The summed E-state index contributed by atoms with van der Waals surface area (Å²) in [6.45, 7) is 1.58. The lowest BCUT2D eigenvalue weighted by Gasteiger charge is -2.07. The van der Waals surface area contributed by atoms with Gasteiger partial charge in [-0.3, -0.25) is 0 Å². The topological polar surface area (TPSA) is 108 Å². The minimum Gasteiger partial charge on any atom is -0.388 e. The molecule has 4 aromatic rings.